The van der Waals surface area contributed by atoms with Gasteiger partial charge in [0.15, 0.2) is 0 Å². The van der Waals surface area contributed by atoms with Crippen LogP contribution in [0.1, 0.15) is 12.1 Å². The van der Waals surface area contributed by atoms with Crippen LogP contribution in [0.15, 0.2) is 24.7 Å². The first-order chi connectivity index (χ1) is 7.83. The standard InChI is InChI=1S/C11H14N2O3/c1-15-7-2-8-16-11(14)4-3-10-9-12-5-6-13-10/h3-6,9H,2,7-8H2,1H3/b4-3+. The maximum Gasteiger partial charge on any atom is 0.330 e. The van der Waals surface area contributed by atoms with E-state index in [2.05, 4.69) is 9.97 Å². The highest BCUT2D eigenvalue weighted by Crippen LogP contribution is 1.95. The number of hydrogen-bond acceptors (Lipinski definition) is 5. The number of carbonyl (C=O) groups is 1. The summed E-state index contributed by atoms with van der Waals surface area (Å²) in [6, 6.07) is 0. The lowest BCUT2D eigenvalue weighted by atomic mass is 10.4. The molecular formula is C11H14N2O3. The molecule has 0 aliphatic rings. The van der Waals surface area contributed by atoms with Crippen molar-refractivity contribution in [2.75, 3.05) is 20.3 Å². The molecule has 86 valence electrons. The van der Waals surface area contributed by atoms with Crippen molar-refractivity contribution in [3.05, 3.63) is 30.4 Å². The Morgan fingerprint density at radius 2 is 2.31 bits per heavy atom. The highest BCUT2D eigenvalue weighted by atomic mass is 16.5. The summed E-state index contributed by atoms with van der Waals surface area (Å²) >= 11 is 0. The fourth-order valence-electron chi connectivity index (χ4n) is 0.974. The molecule has 0 saturated carbocycles. The van der Waals surface area contributed by atoms with Crippen molar-refractivity contribution >= 4 is 12.0 Å². The van der Waals surface area contributed by atoms with E-state index in [1.165, 1.54) is 6.08 Å². The second-order valence-electron chi connectivity index (χ2n) is 2.98. The number of hydrogen-bond donors (Lipinski definition) is 0. The number of methoxy groups -OCH3 is 1. The molecule has 1 aromatic heterocycles. The monoisotopic (exact) mass is 222 g/mol. The summed E-state index contributed by atoms with van der Waals surface area (Å²) in [7, 11) is 1.61. The van der Waals surface area contributed by atoms with Gasteiger partial charge in [0, 0.05) is 38.6 Å². The second-order valence-corrected chi connectivity index (χ2v) is 2.98. The van der Waals surface area contributed by atoms with Gasteiger partial charge in [0.05, 0.1) is 18.5 Å². The van der Waals surface area contributed by atoms with Crippen LogP contribution in [0, 0.1) is 0 Å². The molecule has 0 amide bonds. The first-order valence-corrected chi connectivity index (χ1v) is 4.92. The van der Waals surface area contributed by atoms with Gasteiger partial charge in [-0.15, -0.1) is 0 Å². The molecule has 0 fully saturated rings. The Bertz CT molecular complexity index is 338. The van der Waals surface area contributed by atoms with E-state index in [0.29, 0.717) is 25.3 Å². The number of aromatic nitrogens is 2. The SMILES string of the molecule is COCCCOC(=O)/C=C/c1cnccn1. The van der Waals surface area contributed by atoms with Gasteiger partial charge < -0.3 is 9.47 Å². The average Bonchev–Trinajstić information content (AvgIpc) is 2.33. The van der Waals surface area contributed by atoms with Gasteiger partial charge in [-0.25, -0.2) is 4.79 Å². The fourth-order valence-corrected chi connectivity index (χ4v) is 0.974. The Morgan fingerprint density at radius 3 is 3.00 bits per heavy atom. The zero-order chi connectivity index (χ0) is 11.6. The molecule has 16 heavy (non-hydrogen) atoms. The largest absolute Gasteiger partial charge is 0.462 e. The van der Waals surface area contributed by atoms with Gasteiger partial charge in [0.25, 0.3) is 0 Å². The predicted molar refractivity (Wildman–Crippen MR) is 58.5 cm³/mol. The van der Waals surface area contributed by atoms with Crippen LogP contribution in [0.25, 0.3) is 6.08 Å². The van der Waals surface area contributed by atoms with Crippen LogP contribution in [-0.2, 0) is 14.3 Å². The Hall–Kier alpha value is -1.75. The normalized spacial score (nSPS) is 10.6. The Balaban J connectivity index is 2.26. The van der Waals surface area contributed by atoms with Crippen LogP contribution >= 0.6 is 0 Å². The maximum absolute atomic E-state index is 11.2. The van der Waals surface area contributed by atoms with E-state index in [1.54, 1.807) is 31.8 Å². The van der Waals surface area contributed by atoms with Crippen molar-refractivity contribution in [2.45, 2.75) is 6.42 Å². The van der Waals surface area contributed by atoms with Gasteiger partial charge in [-0.2, -0.15) is 0 Å². The third kappa shape index (κ3) is 5.21. The number of carbonyl (C=O) groups excluding carboxylic acids is 1. The quantitative estimate of drug-likeness (QED) is 0.409. The van der Waals surface area contributed by atoms with Crippen LogP contribution < -0.4 is 0 Å². The smallest absolute Gasteiger partial charge is 0.330 e. The van der Waals surface area contributed by atoms with Crippen molar-refractivity contribution in [3.8, 4) is 0 Å². The Morgan fingerprint density at radius 1 is 1.44 bits per heavy atom. The van der Waals surface area contributed by atoms with E-state index < -0.39 is 0 Å². The molecule has 0 radical (unpaired) electrons. The molecule has 0 unspecified atom stereocenters. The number of nitrogens with zero attached hydrogens (tertiary/aromatic N) is 2. The third-order valence-corrected chi connectivity index (χ3v) is 1.71. The molecule has 1 aromatic rings. The molecule has 1 heterocycles. The molecule has 0 atom stereocenters. The molecule has 0 aliphatic heterocycles. The van der Waals surface area contributed by atoms with E-state index in [9.17, 15) is 4.79 Å². The molecule has 0 spiro atoms. The topological polar surface area (TPSA) is 61.3 Å². The van der Waals surface area contributed by atoms with Crippen LogP contribution in [-0.4, -0.2) is 36.3 Å². The molecule has 5 heteroatoms. The molecule has 0 saturated heterocycles. The molecule has 0 bridgehead atoms. The maximum atomic E-state index is 11.2. The van der Waals surface area contributed by atoms with E-state index >= 15 is 0 Å². The molecule has 5 nitrogen and oxygen atoms in total. The van der Waals surface area contributed by atoms with Crippen molar-refractivity contribution < 1.29 is 14.3 Å². The van der Waals surface area contributed by atoms with Gasteiger partial charge in [-0.05, 0) is 6.08 Å². The third-order valence-electron chi connectivity index (χ3n) is 1.71. The minimum Gasteiger partial charge on any atom is -0.462 e. The van der Waals surface area contributed by atoms with Crippen molar-refractivity contribution in [3.63, 3.8) is 0 Å². The van der Waals surface area contributed by atoms with E-state index in [0.717, 1.165) is 0 Å². The van der Waals surface area contributed by atoms with Gasteiger partial charge in [0.2, 0.25) is 0 Å². The highest BCUT2D eigenvalue weighted by molar-refractivity contribution is 5.86. The lowest BCUT2D eigenvalue weighted by molar-refractivity contribution is -0.138. The minimum atomic E-state index is -0.387. The summed E-state index contributed by atoms with van der Waals surface area (Å²) in [6.45, 7) is 0.943. The predicted octanol–water partition coefficient (Wildman–Crippen LogP) is 1.07. The Labute approximate surface area is 94.1 Å². The molecular weight excluding hydrogens is 208 g/mol. The Kier molecular flexibility index (Phi) is 5.80. The molecule has 0 aromatic carbocycles. The average molecular weight is 222 g/mol. The summed E-state index contributed by atoms with van der Waals surface area (Å²) < 4.78 is 9.74. The highest BCUT2D eigenvalue weighted by Gasteiger charge is 1.96. The van der Waals surface area contributed by atoms with Gasteiger partial charge in [0.1, 0.15) is 0 Å². The fraction of sp³-hybridized carbons (Fsp3) is 0.364. The first kappa shape index (κ1) is 12.3. The summed E-state index contributed by atoms with van der Waals surface area (Å²) in [5.74, 6) is -0.387. The molecule has 0 N–H and O–H groups in total. The van der Waals surface area contributed by atoms with Crippen LogP contribution in [0.5, 0.6) is 0 Å². The second kappa shape index (κ2) is 7.53. The van der Waals surface area contributed by atoms with Crippen LogP contribution in [0.2, 0.25) is 0 Å². The van der Waals surface area contributed by atoms with Gasteiger partial charge in [-0.1, -0.05) is 0 Å². The first-order valence-electron chi connectivity index (χ1n) is 4.92. The van der Waals surface area contributed by atoms with Crippen LogP contribution in [0.4, 0.5) is 0 Å². The van der Waals surface area contributed by atoms with E-state index in [4.69, 9.17) is 9.47 Å². The number of rotatable bonds is 6. The summed E-state index contributed by atoms with van der Waals surface area (Å²) in [4.78, 5) is 19.0. The lowest BCUT2D eigenvalue weighted by Gasteiger charge is -2.00. The van der Waals surface area contributed by atoms with Gasteiger partial charge in [-0.3, -0.25) is 9.97 Å². The van der Waals surface area contributed by atoms with Crippen molar-refractivity contribution in [1.82, 2.24) is 9.97 Å². The van der Waals surface area contributed by atoms with Crippen molar-refractivity contribution in [2.24, 2.45) is 0 Å². The minimum absolute atomic E-state index is 0.359. The zero-order valence-corrected chi connectivity index (χ0v) is 9.13. The molecule has 0 aliphatic carbocycles. The van der Waals surface area contributed by atoms with E-state index in [-0.39, 0.29) is 5.97 Å². The van der Waals surface area contributed by atoms with Crippen LogP contribution in [0.3, 0.4) is 0 Å². The lowest BCUT2D eigenvalue weighted by Crippen LogP contribution is -2.04. The van der Waals surface area contributed by atoms with Gasteiger partial charge >= 0.3 is 5.97 Å². The number of esters is 1. The number of ether oxygens (including phenoxy) is 2. The van der Waals surface area contributed by atoms with Crippen molar-refractivity contribution in [1.29, 1.82) is 0 Å². The summed E-state index contributed by atoms with van der Waals surface area (Å²) in [6.07, 6.45) is 8.28. The summed E-state index contributed by atoms with van der Waals surface area (Å²) in [5, 5.41) is 0. The zero-order valence-electron chi connectivity index (χ0n) is 9.13. The van der Waals surface area contributed by atoms with E-state index in [1.807, 2.05) is 0 Å². The molecule has 1 rings (SSSR count). The summed E-state index contributed by atoms with van der Waals surface area (Å²) in [5.41, 5.74) is 0.622.